The van der Waals surface area contributed by atoms with Gasteiger partial charge in [0.05, 0.1) is 11.6 Å². The average Bonchev–Trinajstić information content (AvgIpc) is 3.19. The molecule has 0 N–H and O–H groups in total. The Morgan fingerprint density at radius 2 is 1.81 bits per heavy atom. The van der Waals surface area contributed by atoms with Gasteiger partial charge in [-0.2, -0.15) is 8.78 Å². The third kappa shape index (κ3) is 3.07. The predicted molar refractivity (Wildman–Crippen MR) is 81.5 cm³/mol. The van der Waals surface area contributed by atoms with E-state index in [2.05, 4.69) is 10.2 Å². The van der Waals surface area contributed by atoms with Crippen molar-refractivity contribution in [3.63, 3.8) is 0 Å². The van der Waals surface area contributed by atoms with E-state index < -0.39 is 29.6 Å². The first-order valence-electron chi connectivity index (χ1n) is 7.88. The summed E-state index contributed by atoms with van der Waals surface area (Å²) in [6.07, 6.45) is -1.26. The summed E-state index contributed by atoms with van der Waals surface area (Å²) < 4.78 is 63.8. The fourth-order valence-electron chi connectivity index (χ4n) is 2.76. The van der Waals surface area contributed by atoms with Crippen molar-refractivity contribution in [2.75, 3.05) is 0 Å². The Morgan fingerprint density at radius 1 is 1.11 bits per heavy atom. The zero-order valence-corrected chi connectivity index (χ0v) is 13.5. The lowest BCUT2D eigenvalue weighted by atomic mass is 10.1. The minimum atomic E-state index is -2.93. The first-order valence-corrected chi connectivity index (χ1v) is 7.88. The van der Waals surface area contributed by atoms with E-state index in [1.807, 2.05) is 0 Å². The molecule has 6 nitrogen and oxygen atoms in total. The van der Waals surface area contributed by atoms with Gasteiger partial charge in [0.15, 0.2) is 6.20 Å². The molecule has 1 fully saturated rings. The minimum absolute atomic E-state index is 0.0960. The van der Waals surface area contributed by atoms with Crippen molar-refractivity contribution in [2.45, 2.75) is 24.9 Å². The molecule has 2 heterocycles. The van der Waals surface area contributed by atoms with E-state index in [1.54, 1.807) is 0 Å². The van der Waals surface area contributed by atoms with Crippen LogP contribution >= 0.6 is 0 Å². The van der Waals surface area contributed by atoms with Gasteiger partial charge >= 0.3 is 12.3 Å². The highest BCUT2D eigenvalue weighted by atomic mass is 19.3. The molecule has 4 rings (SSSR count). The summed E-state index contributed by atoms with van der Waals surface area (Å²) in [6.45, 7) is 0. The quantitative estimate of drug-likeness (QED) is 0.383. The lowest BCUT2D eigenvalue weighted by molar-refractivity contribution is -0.614. The van der Waals surface area contributed by atoms with Crippen molar-refractivity contribution in [3.05, 3.63) is 64.8 Å². The van der Waals surface area contributed by atoms with Crippen molar-refractivity contribution >= 4 is 0 Å². The topological polar surface area (TPSA) is 75.1 Å². The maximum Gasteiger partial charge on any atom is 0.380 e. The first kappa shape index (κ1) is 17.3. The molecular formula is C17H11F4N3O3. The summed E-state index contributed by atoms with van der Waals surface area (Å²) in [4.78, 5) is 0. The molecule has 140 valence electrons. The number of ether oxygens (including phenoxy) is 1. The van der Waals surface area contributed by atoms with Gasteiger partial charge in [-0.1, -0.05) is 6.07 Å². The SMILES string of the molecule is [O-][n+]1cc(-c2nnc(C(F)F)o2)ccc1OC1(c2c(F)cccc2F)CC1. The van der Waals surface area contributed by atoms with Crippen molar-refractivity contribution in [3.8, 4) is 17.3 Å². The zero-order valence-electron chi connectivity index (χ0n) is 13.5. The van der Waals surface area contributed by atoms with E-state index in [4.69, 9.17) is 9.15 Å². The molecule has 0 amide bonds. The van der Waals surface area contributed by atoms with Crippen LogP contribution in [-0.2, 0) is 5.60 Å². The lowest BCUT2D eigenvalue weighted by Gasteiger charge is -2.18. The van der Waals surface area contributed by atoms with Crippen LogP contribution in [0.1, 0.15) is 30.7 Å². The van der Waals surface area contributed by atoms with Crippen molar-refractivity contribution in [2.24, 2.45) is 0 Å². The molecule has 10 heteroatoms. The fraction of sp³-hybridized carbons (Fsp3) is 0.235. The number of aromatic nitrogens is 3. The van der Waals surface area contributed by atoms with Gasteiger partial charge in [-0.3, -0.25) is 0 Å². The Labute approximate surface area is 149 Å². The Balaban J connectivity index is 1.62. The standard InChI is InChI=1S/C17H11F4N3O3/c18-10-2-1-3-11(19)13(10)17(6-7-17)27-12-5-4-9(8-24(12)25)15-22-23-16(26-15)14(20)21/h1-5,8,14H,6-7H2. The van der Waals surface area contributed by atoms with Crippen LogP contribution in [0.4, 0.5) is 17.6 Å². The number of hydrogen-bond donors (Lipinski definition) is 0. The Kier molecular flexibility index (Phi) is 3.97. The minimum Gasteiger partial charge on any atom is -0.616 e. The smallest absolute Gasteiger partial charge is 0.380 e. The number of hydrogen-bond acceptors (Lipinski definition) is 5. The van der Waals surface area contributed by atoms with Gasteiger partial charge in [0.2, 0.25) is 0 Å². The summed E-state index contributed by atoms with van der Waals surface area (Å²) in [6, 6.07) is 6.07. The third-order valence-corrected chi connectivity index (χ3v) is 4.18. The summed E-state index contributed by atoms with van der Waals surface area (Å²) in [5.41, 5.74) is -1.39. The molecular weight excluding hydrogens is 370 g/mol. The summed E-state index contributed by atoms with van der Waals surface area (Å²) in [7, 11) is 0. The fourth-order valence-corrected chi connectivity index (χ4v) is 2.76. The second-order valence-corrected chi connectivity index (χ2v) is 6.02. The van der Waals surface area contributed by atoms with Crippen LogP contribution in [0, 0.1) is 16.8 Å². The number of pyridine rings is 1. The molecule has 0 unspecified atom stereocenters. The van der Waals surface area contributed by atoms with Crippen molar-refractivity contribution in [1.29, 1.82) is 0 Å². The monoisotopic (exact) mass is 381 g/mol. The highest BCUT2D eigenvalue weighted by molar-refractivity contribution is 5.50. The number of alkyl halides is 2. The third-order valence-electron chi connectivity index (χ3n) is 4.18. The second-order valence-electron chi connectivity index (χ2n) is 6.02. The van der Waals surface area contributed by atoms with E-state index in [-0.39, 0.29) is 22.9 Å². The van der Waals surface area contributed by atoms with Gasteiger partial charge in [-0.05, 0) is 31.0 Å². The molecule has 0 radical (unpaired) electrons. The molecule has 1 saturated carbocycles. The van der Waals surface area contributed by atoms with Crippen molar-refractivity contribution in [1.82, 2.24) is 10.2 Å². The van der Waals surface area contributed by atoms with Gasteiger partial charge in [-0.15, -0.1) is 14.9 Å². The van der Waals surface area contributed by atoms with Gasteiger partial charge in [0.25, 0.3) is 11.8 Å². The predicted octanol–water partition coefficient (Wildman–Crippen LogP) is 3.65. The average molecular weight is 381 g/mol. The molecule has 0 spiro atoms. The Morgan fingerprint density at radius 3 is 2.37 bits per heavy atom. The maximum atomic E-state index is 14.0. The number of halogens is 4. The van der Waals surface area contributed by atoms with Crippen LogP contribution in [0.15, 0.2) is 40.9 Å². The lowest BCUT2D eigenvalue weighted by Crippen LogP contribution is -2.32. The van der Waals surface area contributed by atoms with E-state index in [1.165, 1.54) is 18.2 Å². The van der Waals surface area contributed by atoms with E-state index in [0.29, 0.717) is 17.6 Å². The van der Waals surface area contributed by atoms with E-state index in [0.717, 1.165) is 18.3 Å². The highest BCUT2D eigenvalue weighted by Crippen LogP contribution is 2.50. The summed E-state index contributed by atoms with van der Waals surface area (Å²) in [5, 5.41) is 18.9. The first-order chi connectivity index (χ1) is 12.9. The number of benzene rings is 1. The van der Waals surface area contributed by atoms with E-state index in [9.17, 15) is 22.8 Å². The highest BCUT2D eigenvalue weighted by Gasteiger charge is 2.52. The molecule has 0 bridgehead atoms. The van der Waals surface area contributed by atoms with Gasteiger partial charge in [-0.25, -0.2) is 8.78 Å². The van der Waals surface area contributed by atoms with Crippen LogP contribution in [0.2, 0.25) is 0 Å². The molecule has 2 aromatic heterocycles. The second kappa shape index (κ2) is 6.22. The van der Waals surface area contributed by atoms with Crippen molar-refractivity contribution < 1.29 is 31.4 Å². The maximum absolute atomic E-state index is 14.0. The van der Waals surface area contributed by atoms with Crippen LogP contribution in [0.5, 0.6) is 5.88 Å². The Bertz CT molecular complexity index is 985. The molecule has 1 aliphatic carbocycles. The molecule has 0 aliphatic heterocycles. The molecule has 0 atom stereocenters. The van der Waals surface area contributed by atoms with Crippen LogP contribution in [0.3, 0.4) is 0 Å². The van der Waals surface area contributed by atoms with Crippen LogP contribution < -0.4 is 9.47 Å². The van der Waals surface area contributed by atoms with E-state index >= 15 is 0 Å². The largest absolute Gasteiger partial charge is 0.616 e. The molecule has 27 heavy (non-hydrogen) atoms. The molecule has 0 saturated heterocycles. The summed E-state index contributed by atoms with van der Waals surface area (Å²) >= 11 is 0. The van der Waals surface area contributed by atoms with Gasteiger partial charge in [0.1, 0.15) is 22.8 Å². The molecule has 3 aromatic rings. The Hall–Kier alpha value is -3.17. The molecule has 1 aromatic carbocycles. The van der Waals surface area contributed by atoms with Crippen LogP contribution in [0.25, 0.3) is 11.5 Å². The number of rotatable bonds is 5. The van der Waals surface area contributed by atoms with Gasteiger partial charge < -0.3 is 14.4 Å². The molecule has 1 aliphatic rings. The van der Waals surface area contributed by atoms with Gasteiger partial charge in [0, 0.05) is 0 Å². The zero-order chi connectivity index (χ0) is 19.2. The normalized spacial score (nSPS) is 15.1. The van der Waals surface area contributed by atoms with Crippen LogP contribution in [-0.4, -0.2) is 10.2 Å². The number of nitrogens with zero attached hydrogens (tertiary/aromatic N) is 3. The summed E-state index contributed by atoms with van der Waals surface area (Å²) in [5.74, 6) is -2.84.